The zero-order valence-corrected chi connectivity index (χ0v) is 13.3. The van der Waals surface area contributed by atoms with Crippen molar-refractivity contribution in [1.82, 2.24) is 4.57 Å². The third-order valence-corrected chi connectivity index (χ3v) is 3.17. The number of ether oxygens (including phenoxy) is 1. The third kappa shape index (κ3) is 3.96. The van der Waals surface area contributed by atoms with Gasteiger partial charge >= 0.3 is 0 Å². The Balaban J connectivity index is 2.39. The summed E-state index contributed by atoms with van der Waals surface area (Å²) in [5, 5.41) is 7.93. The van der Waals surface area contributed by atoms with E-state index in [2.05, 4.69) is 15.9 Å². The largest absolute Gasteiger partial charge is 0.493 e. The highest BCUT2D eigenvalue weighted by molar-refractivity contribution is 9.10. The van der Waals surface area contributed by atoms with Gasteiger partial charge in [0.15, 0.2) is 5.75 Å². The fourth-order valence-corrected chi connectivity index (χ4v) is 2.20. The van der Waals surface area contributed by atoms with Gasteiger partial charge in [-0.05, 0) is 30.3 Å². The van der Waals surface area contributed by atoms with Crippen molar-refractivity contribution in [3.63, 3.8) is 0 Å². The molecule has 2 rings (SSSR count). The van der Waals surface area contributed by atoms with Gasteiger partial charge in [-0.2, -0.15) is 4.89 Å². The van der Waals surface area contributed by atoms with E-state index >= 15 is 0 Å². The molecule has 0 amide bonds. The second-order valence-electron chi connectivity index (χ2n) is 4.13. The van der Waals surface area contributed by atoms with Crippen LogP contribution in [0.3, 0.4) is 0 Å². The molecule has 1 aromatic carbocycles. The van der Waals surface area contributed by atoms with Gasteiger partial charge < -0.3 is 19.6 Å². The maximum Gasteiger partial charge on any atom is 0.214 e. The normalized spacial score (nSPS) is 10.8. The molecule has 0 radical (unpaired) electrons. The number of halogens is 1. The maximum atomic E-state index is 7.46. The van der Waals surface area contributed by atoms with E-state index in [9.17, 15) is 0 Å². The second kappa shape index (κ2) is 7.10. The first-order valence-corrected chi connectivity index (χ1v) is 6.92. The predicted octanol–water partition coefficient (Wildman–Crippen LogP) is 3.31. The van der Waals surface area contributed by atoms with Crippen molar-refractivity contribution in [1.29, 1.82) is 5.41 Å². The van der Waals surface area contributed by atoms with Gasteiger partial charge in [0.1, 0.15) is 0 Å². The minimum atomic E-state index is 0.465. The van der Waals surface area contributed by atoms with Gasteiger partial charge in [-0.15, -0.1) is 0 Å². The van der Waals surface area contributed by atoms with E-state index in [1.807, 2.05) is 22.9 Å². The number of pyridine rings is 1. The van der Waals surface area contributed by atoms with Crippen LogP contribution >= 0.6 is 15.9 Å². The smallest absolute Gasteiger partial charge is 0.214 e. The Morgan fingerprint density at radius 1 is 1.19 bits per heavy atom. The molecule has 2 aromatic rings. The van der Waals surface area contributed by atoms with Crippen molar-refractivity contribution in [2.24, 2.45) is 0 Å². The summed E-state index contributed by atoms with van der Waals surface area (Å²) in [5.74, 6) is 1.06. The van der Waals surface area contributed by atoms with Crippen molar-refractivity contribution in [2.75, 3.05) is 14.2 Å². The zero-order valence-electron chi connectivity index (χ0n) is 11.7. The van der Waals surface area contributed by atoms with Gasteiger partial charge in [0, 0.05) is 28.6 Å². The van der Waals surface area contributed by atoms with Gasteiger partial charge in [0.2, 0.25) is 5.75 Å². The topological polar surface area (TPSA) is 56.5 Å². The summed E-state index contributed by atoms with van der Waals surface area (Å²) in [5.41, 5.74) is 0.797. The van der Waals surface area contributed by atoms with Crippen LogP contribution in [0.25, 0.3) is 12.3 Å². The molecule has 0 saturated carbocycles. The standard InChI is InChI=1S/C15H15BrN2O3/c1-19-14-10-12(16)9-11(15(14)21-20-2)3-6-18-7-4-13(17)5-8-18/h3-10,17H,1-2H3/b6-3+. The molecule has 1 N–H and O–H groups in total. The highest BCUT2D eigenvalue weighted by Gasteiger charge is 2.11. The van der Waals surface area contributed by atoms with Crippen molar-refractivity contribution < 1.29 is 14.5 Å². The van der Waals surface area contributed by atoms with Crippen LogP contribution in [-0.2, 0) is 4.89 Å². The van der Waals surface area contributed by atoms with E-state index < -0.39 is 0 Å². The molecule has 0 bridgehead atoms. The number of hydrogen-bond acceptors (Lipinski definition) is 4. The van der Waals surface area contributed by atoms with Gasteiger partial charge in [0.05, 0.1) is 19.6 Å². The van der Waals surface area contributed by atoms with Crippen molar-refractivity contribution in [3.05, 3.63) is 52.1 Å². The molecular formula is C15H15BrN2O3. The van der Waals surface area contributed by atoms with E-state index in [0.717, 1.165) is 10.0 Å². The lowest BCUT2D eigenvalue weighted by molar-refractivity contribution is -0.179. The SMILES string of the molecule is COOc1c(/C=C/n2ccc(=N)cc2)cc(Br)cc1OC. The van der Waals surface area contributed by atoms with Crippen LogP contribution in [0.5, 0.6) is 11.5 Å². The molecule has 0 aliphatic heterocycles. The number of benzene rings is 1. The molecule has 0 aliphatic carbocycles. The fraction of sp³-hybridized carbons (Fsp3) is 0.133. The van der Waals surface area contributed by atoms with Gasteiger partial charge in [-0.25, -0.2) is 0 Å². The Bertz CT molecular complexity index is 690. The molecule has 0 spiro atoms. The first-order chi connectivity index (χ1) is 10.1. The lowest BCUT2D eigenvalue weighted by Gasteiger charge is -2.11. The lowest BCUT2D eigenvalue weighted by atomic mass is 10.2. The number of nitrogens with one attached hydrogen (secondary N) is 1. The van der Waals surface area contributed by atoms with Crippen LogP contribution in [0.1, 0.15) is 5.56 Å². The quantitative estimate of drug-likeness (QED) is 0.664. The van der Waals surface area contributed by atoms with E-state index in [1.54, 1.807) is 37.7 Å². The van der Waals surface area contributed by atoms with E-state index in [4.69, 9.17) is 19.9 Å². The first-order valence-electron chi connectivity index (χ1n) is 6.13. The van der Waals surface area contributed by atoms with Crippen molar-refractivity contribution in [3.8, 4) is 11.5 Å². The van der Waals surface area contributed by atoms with Gasteiger partial charge in [0.25, 0.3) is 0 Å². The number of hydrogen-bond donors (Lipinski definition) is 1. The summed E-state index contributed by atoms with van der Waals surface area (Å²) in [4.78, 5) is 9.94. The van der Waals surface area contributed by atoms with Crippen LogP contribution in [0, 0.1) is 5.41 Å². The Morgan fingerprint density at radius 2 is 1.90 bits per heavy atom. The van der Waals surface area contributed by atoms with Gasteiger partial charge in [-0.1, -0.05) is 15.9 Å². The molecule has 0 fully saturated rings. The van der Waals surface area contributed by atoms with E-state index in [0.29, 0.717) is 16.9 Å². The third-order valence-electron chi connectivity index (χ3n) is 2.71. The summed E-state index contributed by atoms with van der Waals surface area (Å²) in [6, 6.07) is 7.11. The molecule has 110 valence electrons. The van der Waals surface area contributed by atoms with E-state index in [-0.39, 0.29) is 0 Å². The minimum Gasteiger partial charge on any atom is -0.493 e. The molecule has 21 heavy (non-hydrogen) atoms. The fourth-order valence-electron chi connectivity index (χ4n) is 1.74. The second-order valence-corrected chi connectivity index (χ2v) is 5.04. The molecule has 0 aliphatic rings. The lowest BCUT2D eigenvalue weighted by Crippen LogP contribution is -1.99. The van der Waals surface area contributed by atoms with Crippen LogP contribution < -0.4 is 15.0 Å². The van der Waals surface area contributed by atoms with Gasteiger partial charge in [-0.3, -0.25) is 0 Å². The van der Waals surface area contributed by atoms with Crippen LogP contribution in [0.2, 0.25) is 0 Å². The van der Waals surface area contributed by atoms with E-state index in [1.165, 1.54) is 7.11 Å². The first kappa shape index (κ1) is 15.3. The molecule has 1 heterocycles. The van der Waals surface area contributed by atoms with Crippen LogP contribution in [-0.4, -0.2) is 18.8 Å². The molecule has 0 atom stereocenters. The number of methoxy groups -OCH3 is 1. The Morgan fingerprint density at radius 3 is 2.52 bits per heavy atom. The highest BCUT2D eigenvalue weighted by atomic mass is 79.9. The molecule has 1 aromatic heterocycles. The molecule has 6 heteroatoms. The number of nitrogens with zero attached hydrogens (tertiary/aromatic N) is 1. The van der Waals surface area contributed by atoms with Crippen molar-refractivity contribution in [2.45, 2.75) is 0 Å². The molecular weight excluding hydrogens is 336 g/mol. The molecule has 5 nitrogen and oxygen atoms in total. The van der Waals surface area contributed by atoms with Crippen molar-refractivity contribution >= 4 is 28.2 Å². The maximum absolute atomic E-state index is 7.46. The highest BCUT2D eigenvalue weighted by Crippen LogP contribution is 2.35. The predicted molar refractivity (Wildman–Crippen MR) is 83.8 cm³/mol. The summed E-state index contributed by atoms with van der Waals surface area (Å²) >= 11 is 3.43. The summed E-state index contributed by atoms with van der Waals surface area (Å²) in [6.07, 6.45) is 7.31. The summed E-state index contributed by atoms with van der Waals surface area (Å²) < 4.78 is 7.99. The summed E-state index contributed by atoms with van der Waals surface area (Å²) in [7, 11) is 3.01. The number of aromatic nitrogens is 1. The number of rotatable bonds is 5. The molecule has 0 unspecified atom stereocenters. The monoisotopic (exact) mass is 350 g/mol. The minimum absolute atomic E-state index is 0.465. The van der Waals surface area contributed by atoms with Crippen LogP contribution in [0.4, 0.5) is 0 Å². The van der Waals surface area contributed by atoms with Crippen LogP contribution in [0.15, 0.2) is 41.1 Å². The average Bonchev–Trinajstić information content (AvgIpc) is 2.48. The average molecular weight is 351 g/mol. The molecule has 0 saturated heterocycles. The summed E-state index contributed by atoms with van der Waals surface area (Å²) in [6.45, 7) is 0. The zero-order chi connectivity index (χ0) is 15.2. The Kier molecular flexibility index (Phi) is 5.19. The Hall–Kier alpha value is -2.05. The Labute approximate surface area is 131 Å².